The zero-order valence-corrected chi connectivity index (χ0v) is 11.8. The third-order valence-electron chi connectivity index (χ3n) is 2.92. The molecule has 0 aliphatic carbocycles. The van der Waals surface area contributed by atoms with Gasteiger partial charge in [0.05, 0.1) is 5.02 Å². The van der Waals surface area contributed by atoms with E-state index >= 15 is 0 Å². The second kappa shape index (κ2) is 7.17. The lowest BCUT2D eigenvalue weighted by Crippen LogP contribution is -2.10. The maximum atomic E-state index is 6.04. The van der Waals surface area contributed by atoms with Crippen molar-refractivity contribution in [3.8, 4) is 5.75 Å². The Labute approximate surface area is 119 Å². The van der Waals surface area contributed by atoms with Crippen molar-refractivity contribution in [2.24, 2.45) is 0 Å². The molecule has 0 radical (unpaired) electrons. The van der Waals surface area contributed by atoms with E-state index in [1.807, 2.05) is 31.3 Å². The predicted molar refractivity (Wildman–Crippen MR) is 79.9 cm³/mol. The van der Waals surface area contributed by atoms with Gasteiger partial charge in [0.2, 0.25) is 0 Å². The van der Waals surface area contributed by atoms with E-state index in [1.54, 1.807) is 0 Å². The number of rotatable bonds is 6. The van der Waals surface area contributed by atoms with E-state index in [0.29, 0.717) is 11.6 Å². The highest BCUT2D eigenvalue weighted by molar-refractivity contribution is 6.32. The fourth-order valence-electron chi connectivity index (χ4n) is 1.79. The van der Waals surface area contributed by atoms with Crippen LogP contribution in [0.15, 0.2) is 48.5 Å². The number of hydrogen-bond donors (Lipinski definition) is 1. The standard InChI is InChI=1S/C16H18ClNO/c1-18-11-10-13-6-8-14(9-7-13)12-19-16-5-3-2-4-15(16)17/h2-9,18H,10-12H2,1H3. The number of hydrogen-bond acceptors (Lipinski definition) is 2. The Hall–Kier alpha value is -1.51. The summed E-state index contributed by atoms with van der Waals surface area (Å²) in [5.41, 5.74) is 2.48. The van der Waals surface area contributed by atoms with Gasteiger partial charge in [0.25, 0.3) is 0 Å². The largest absolute Gasteiger partial charge is 0.487 e. The van der Waals surface area contributed by atoms with Crippen LogP contribution in [0.3, 0.4) is 0 Å². The van der Waals surface area contributed by atoms with Crippen LogP contribution in [-0.2, 0) is 13.0 Å². The molecule has 0 fully saturated rings. The molecule has 0 spiro atoms. The van der Waals surface area contributed by atoms with E-state index in [9.17, 15) is 0 Å². The van der Waals surface area contributed by atoms with Gasteiger partial charge in [-0.25, -0.2) is 0 Å². The van der Waals surface area contributed by atoms with Gasteiger partial charge in [0.1, 0.15) is 12.4 Å². The molecule has 0 heterocycles. The molecule has 0 aromatic heterocycles. The fourth-order valence-corrected chi connectivity index (χ4v) is 1.98. The first-order chi connectivity index (χ1) is 9.29. The molecule has 0 aliphatic rings. The van der Waals surface area contributed by atoms with E-state index in [2.05, 4.69) is 29.6 Å². The van der Waals surface area contributed by atoms with Gasteiger partial charge in [0.15, 0.2) is 0 Å². The Bertz CT molecular complexity index is 510. The van der Waals surface area contributed by atoms with Gasteiger partial charge in [-0.1, -0.05) is 48.0 Å². The maximum absolute atomic E-state index is 6.04. The number of halogens is 1. The summed E-state index contributed by atoms with van der Waals surface area (Å²) < 4.78 is 5.70. The zero-order chi connectivity index (χ0) is 13.5. The molecule has 3 heteroatoms. The van der Waals surface area contributed by atoms with Gasteiger partial charge >= 0.3 is 0 Å². The molecule has 1 N–H and O–H groups in total. The minimum absolute atomic E-state index is 0.538. The molecule has 0 atom stereocenters. The monoisotopic (exact) mass is 275 g/mol. The lowest BCUT2D eigenvalue weighted by molar-refractivity contribution is 0.306. The Balaban J connectivity index is 1.91. The minimum atomic E-state index is 0.538. The highest BCUT2D eigenvalue weighted by atomic mass is 35.5. The third kappa shape index (κ3) is 4.27. The van der Waals surface area contributed by atoms with Crippen LogP contribution in [0.25, 0.3) is 0 Å². The van der Waals surface area contributed by atoms with Crippen molar-refractivity contribution in [2.75, 3.05) is 13.6 Å². The topological polar surface area (TPSA) is 21.3 Å². The normalized spacial score (nSPS) is 10.4. The summed E-state index contributed by atoms with van der Waals surface area (Å²) in [7, 11) is 1.96. The smallest absolute Gasteiger partial charge is 0.138 e. The SMILES string of the molecule is CNCCc1ccc(COc2ccccc2Cl)cc1. The van der Waals surface area contributed by atoms with Gasteiger partial charge in [-0.2, -0.15) is 0 Å². The molecule has 0 unspecified atom stereocenters. The van der Waals surface area contributed by atoms with Crippen LogP contribution in [0.5, 0.6) is 5.75 Å². The van der Waals surface area contributed by atoms with Crippen molar-refractivity contribution < 1.29 is 4.74 Å². The first-order valence-electron chi connectivity index (χ1n) is 6.39. The summed E-state index contributed by atoms with van der Waals surface area (Å²) in [4.78, 5) is 0. The highest BCUT2D eigenvalue weighted by Crippen LogP contribution is 2.24. The molecule has 0 saturated heterocycles. The van der Waals surface area contributed by atoms with Crippen molar-refractivity contribution in [3.05, 3.63) is 64.7 Å². The molecule has 2 aromatic rings. The Morgan fingerprint density at radius 2 is 1.68 bits per heavy atom. The van der Waals surface area contributed by atoms with Crippen molar-refractivity contribution in [1.82, 2.24) is 5.32 Å². The summed E-state index contributed by atoms with van der Waals surface area (Å²) in [5.74, 6) is 0.725. The fraction of sp³-hybridized carbons (Fsp3) is 0.250. The second-order valence-corrected chi connectivity index (χ2v) is 4.80. The molecule has 2 aromatic carbocycles. The van der Waals surface area contributed by atoms with Crippen LogP contribution in [-0.4, -0.2) is 13.6 Å². The van der Waals surface area contributed by atoms with E-state index in [-0.39, 0.29) is 0 Å². The van der Waals surface area contributed by atoms with Crippen LogP contribution in [0.4, 0.5) is 0 Å². The third-order valence-corrected chi connectivity index (χ3v) is 3.23. The van der Waals surface area contributed by atoms with Crippen LogP contribution < -0.4 is 10.1 Å². The quantitative estimate of drug-likeness (QED) is 0.868. The minimum Gasteiger partial charge on any atom is -0.487 e. The summed E-state index contributed by atoms with van der Waals surface area (Å²) in [6, 6.07) is 16.0. The van der Waals surface area contributed by atoms with Crippen molar-refractivity contribution in [1.29, 1.82) is 0 Å². The van der Waals surface area contributed by atoms with Gasteiger partial charge in [-0.3, -0.25) is 0 Å². The van der Waals surface area contributed by atoms with Gasteiger partial charge in [0, 0.05) is 0 Å². The van der Waals surface area contributed by atoms with Crippen molar-refractivity contribution >= 4 is 11.6 Å². The molecule has 2 nitrogen and oxygen atoms in total. The number of likely N-dealkylation sites (N-methyl/N-ethyl adjacent to an activating group) is 1. The van der Waals surface area contributed by atoms with Gasteiger partial charge in [-0.15, -0.1) is 0 Å². The average molecular weight is 276 g/mol. The molecule has 2 rings (SSSR count). The molecular formula is C16H18ClNO. The summed E-state index contributed by atoms with van der Waals surface area (Å²) in [6.07, 6.45) is 1.04. The summed E-state index contributed by atoms with van der Waals surface area (Å²) in [6.45, 7) is 1.53. The van der Waals surface area contributed by atoms with E-state index in [4.69, 9.17) is 16.3 Å². The molecule has 0 saturated carbocycles. The molecule has 100 valence electrons. The highest BCUT2D eigenvalue weighted by Gasteiger charge is 2.00. The number of para-hydroxylation sites is 1. The zero-order valence-electron chi connectivity index (χ0n) is 11.0. The number of benzene rings is 2. The van der Waals surface area contributed by atoms with E-state index < -0.39 is 0 Å². The summed E-state index contributed by atoms with van der Waals surface area (Å²) in [5, 5.41) is 3.79. The first-order valence-corrected chi connectivity index (χ1v) is 6.77. The Morgan fingerprint density at radius 3 is 2.37 bits per heavy atom. The van der Waals surface area contributed by atoms with Crippen LogP contribution in [0, 0.1) is 0 Å². The summed E-state index contributed by atoms with van der Waals surface area (Å²) >= 11 is 6.04. The first kappa shape index (κ1) is 13.9. The van der Waals surface area contributed by atoms with E-state index in [0.717, 1.165) is 24.3 Å². The number of nitrogens with one attached hydrogen (secondary N) is 1. The number of ether oxygens (including phenoxy) is 1. The predicted octanol–water partition coefficient (Wildman–Crippen LogP) is 3.68. The molecule has 0 aliphatic heterocycles. The molecule has 0 amide bonds. The Kier molecular flexibility index (Phi) is 5.25. The molecular weight excluding hydrogens is 258 g/mol. The Morgan fingerprint density at radius 1 is 1.00 bits per heavy atom. The van der Waals surface area contributed by atoms with Gasteiger partial charge < -0.3 is 10.1 Å². The van der Waals surface area contributed by atoms with Crippen molar-refractivity contribution in [3.63, 3.8) is 0 Å². The molecule has 19 heavy (non-hydrogen) atoms. The average Bonchev–Trinajstić information content (AvgIpc) is 2.45. The van der Waals surface area contributed by atoms with E-state index in [1.165, 1.54) is 5.56 Å². The van der Waals surface area contributed by atoms with Crippen LogP contribution in [0.1, 0.15) is 11.1 Å². The van der Waals surface area contributed by atoms with Crippen LogP contribution >= 0.6 is 11.6 Å². The van der Waals surface area contributed by atoms with Crippen LogP contribution in [0.2, 0.25) is 5.02 Å². The molecule has 0 bridgehead atoms. The second-order valence-electron chi connectivity index (χ2n) is 4.39. The lowest BCUT2D eigenvalue weighted by atomic mass is 10.1. The van der Waals surface area contributed by atoms with Crippen molar-refractivity contribution in [2.45, 2.75) is 13.0 Å². The van der Waals surface area contributed by atoms with Gasteiger partial charge in [-0.05, 0) is 43.3 Å². The maximum Gasteiger partial charge on any atom is 0.138 e. The lowest BCUT2D eigenvalue weighted by Gasteiger charge is -2.08.